The molecule has 112 valence electrons. The second-order valence-electron chi connectivity index (χ2n) is 5.51. The summed E-state index contributed by atoms with van der Waals surface area (Å²) in [5.41, 5.74) is 0.969. The largest absolute Gasteiger partial charge is 0.478 e. The Labute approximate surface area is 121 Å². The molecule has 0 radical (unpaired) electrons. The van der Waals surface area contributed by atoms with Gasteiger partial charge in [0, 0.05) is 24.8 Å². The van der Waals surface area contributed by atoms with Gasteiger partial charge in [-0.3, -0.25) is 0 Å². The average Bonchev–Trinajstić information content (AvgIpc) is 2.45. The monoisotopic (exact) mass is 278 g/mol. The van der Waals surface area contributed by atoms with Crippen molar-refractivity contribution < 1.29 is 4.74 Å². The van der Waals surface area contributed by atoms with Gasteiger partial charge in [-0.25, -0.2) is 4.98 Å². The van der Waals surface area contributed by atoms with Crippen LogP contribution in [-0.2, 0) is 0 Å². The maximum atomic E-state index is 5.65. The molecule has 1 N–H and O–H groups in total. The predicted molar refractivity (Wildman–Crippen MR) is 81.4 cm³/mol. The van der Waals surface area contributed by atoms with E-state index in [-0.39, 0.29) is 0 Å². The highest BCUT2D eigenvalue weighted by Gasteiger charge is 2.21. The first-order valence-corrected chi connectivity index (χ1v) is 7.61. The Kier molecular flexibility index (Phi) is 5.59. The fraction of sp³-hybridized carbons (Fsp3) is 0.733. The normalized spacial score (nSPS) is 19.1. The Morgan fingerprint density at radius 2 is 2.30 bits per heavy atom. The quantitative estimate of drug-likeness (QED) is 0.862. The van der Waals surface area contributed by atoms with Gasteiger partial charge in [0.05, 0.1) is 6.61 Å². The van der Waals surface area contributed by atoms with Gasteiger partial charge in [0.2, 0.25) is 11.8 Å². The van der Waals surface area contributed by atoms with Crippen molar-refractivity contribution in [2.24, 2.45) is 5.92 Å². The van der Waals surface area contributed by atoms with Crippen LogP contribution in [0.2, 0.25) is 0 Å². The molecule has 1 unspecified atom stereocenters. The van der Waals surface area contributed by atoms with E-state index in [1.807, 2.05) is 20.0 Å². The van der Waals surface area contributed by atoms with E-state index in [1.54, 1.807) is 0 Å². The van der Waals surface area contributed by atoms with Gasteiger partial charge in [-0.15, -0.1) is 0 Å². The smallest absolute Gasteiger partial charge is 0.228 e. The lowest BCUT2D eigenvalue weighted by atomic mass is 9.98. The zero-order valence-electron chi connectivity index (χ0n) is 12.9. The lowest BCUT2D eigenvalue weighted by molar-refractivity contribution is 0.303. The van der Waals surface area contributed by atoms with Crippen molar-refractivity contribution in [2.45, 2.75) is 33.1 Å². The number of rotatable bonds is 6. The van der Waals surface area contributed by atoms with Crippen LogP contribution in [0.1, 0.15) is 31.9 Å². The summed E-state index contributed by atoms with van der Waals surface area (Å²) >= 11 is 0. The molecule has 0 bridgehead atoms. The summed E-state index contributed by atoms with van der Waals surface area (Å²) in [6.07, 6.45) is 3.48. The summed E-state index contributed by atoms with van der Waals surface area (Å²) in [5, 5.41) is 3.27. The van der Waals surface area contributed by atoms with Crippen molar-refractivity contribution in [3.63, 3.8) is 0 Å². The lowest BCUT2D eigenvalue weighted by Crippen LogP contribution is -2.40. The molecule has 0 saturated carbocycles. The van der Waals surface area contributed by atoms with Gasteiger partial charge >= 0.3 is 0 Å². The molecule has 1 aliphatic heterocycles. The van der Waals surface area contributed by atoms with Crippen LogP contribution in [0.25, 0.3) is 0 Å². The molecule has 1 saturated heterocycles. The predicted octanol–water partition coefficient (Wildman–Crippen LogP) is 2.01. The van der Waals surface area contributed by atoms with Gasteiger partial charge in [-0.05, 0) is 45.7 Å². The Balaban J connectivity index is 2.08. The molecule has 5 nitrogen and oxygen atoms in total. The zero-order valence-corrected chi connectivity index (χ0v) is 12.9. The molecule has 1 fully saturated rings. The molecular formula is C15H26N4O. The van der Waals surface area contributed by atoms with E-state index in [1.165, 1.54) is 12.8 Å². The Bertz CT molecular complexity index is 422. The molecule has 1 atom stereocenters. The van der Waals surface area contributed by atoms with Crippen molar-refractivity contribution in [1.82, 2.24) is 15.3 Å². The van der Waals surface area contributed by atoms with Crippen molar-refractivity contribution in [1.29, 1.82) is 0 Å². The van der Waals surface area contributed by atoms with Crippen LogP contribution < -0.4 is 15.0 Å². The zero-order chi connectivity index (χ0) is 14.4. The van der Waals surface area contributed by atoms with Crippen molar-refractivity contribution >= 4 is 5.95 Å². The van der Waals surface area contributed by atoms with Gasteiger partial charge in [0.1, 0.15) is 0 Å². The summed E-state index contributed by atoms with van der Waals surface area (Å²) in [4.78, 5) is 11.4. The lowest BCUT2D eigenvalue weighted by Gasteiger charge is -2.32. The van der Waals surface area contributed by atoms with Gasteiger partial charge in [-0.1, -0.05) is 6.92 Å². The Morgan fingerprint density at radius 3 is 3.05 bits per heavy atom. The van der Waals surface area contributed by atoms with Crippen LogP contribution in [0.4, 0.5) is 5.95 Å². The van der Waals surface area contributed by atoms with Crippen LogP contribution in [0.5, 0.6) is 5.88 Å². The number of aryl methyl sites for hydroxylation is 1. The fourth-order valence-electron chi connectivity index (χ4n) is 2.65. The molecule has 1 aliphatic rings. The molecule has 0 aliphatic carbocycles. The summed E-state index contributed by atoms with van der Waals surface area (Å²) in [5.74, 6) is 2.19. The van der Waals surface area contributed by atoms with Crippen LogP contribution in [0, 0.1) is 12.8 Å². The van der Waals surface area contributed by atoms with Gasteiger partial charge in [0.25, 0.3) is 0 Å². The van der Waals surface area contributed by atoms with E-state index in [9.17, 15) is 0 Å². The van der Waals surface area contributed by atoms with Crippen molar-refractivity contribution in [2.75, 3.05) is 38.2 Å². The van der Waals surface area contributed by atoms with E-state index in [4.69, 9.17) is 4.74 Å². The first-order valence-electron chi connectivity index (χ1n) is 7.61. The molecule has 2 heterocycles. The molecule has 0 spiro atoms. The minimum absolute atomic E-state index is 0.679. The standard InChI is InChI=1S/C15H26N4O/c1-4-8-20-14-9-12(2)17-15(18-14)19-7-5-6-13(11-19)10-16-3/h9,13,16H,4-8,10-11H2,1-3H3. The summed E-state index contributed by atoms with van der Waals surface area (Å²) in [6.45, 7) is 7.93. The number of nitrogens with zero attached hydrogens (tertiary/aromatic N) is 3. The number of anilines is 1. The number of hydrogen-bond acceptors (Lipinski definition) is 5. The van der Waals surface area contributed by atoms with E-state index in [0.717, 1.165) is 37.7 Å². The van der Waals surface area contributed by atoms with Gasteiger partial charge in [-0.2, -0.15) is 4.98 Å². The fourth-order valence-corrected chi connectivity index (χ4v) is 2.65. The molecule has 20 heavy (non-hydrogen) atoms. The van der Waals surface area contributed by atoms with Crippen LogP contribution in [0.3, 0.4) is 0 Å². The molecule has 1 aromatic heterocycles. The molecule has 0 amide bonds. The maximum absolute atomic E-state index is 5.65. The molecular weight excluding hydrogens is 252 g/mol. The van der Waals surface area contributed by atoms with Crippen LogP contribution in [0.15, 0.2) is 6.07 Å². The number of hydrogen-bond donors (Lipinski definition) is 1. The van der Waals surface area contributed by atoms with E-state index in [2.05, 4.69) is 27.1 Å². The summed E-state index contributed by atoms with van der Waals surface area (Å²) in [7, 11) is 2.01. The second-order valence-corrected chi connectivity index (χ2v) is 5.51. The Morgan fingerprint density at radius 1 is 1.45 bits per heavy atom. The van der Waals surface area contributed by atoms with E-state index in [0.29, 0.717) is 18.4 Å². The van der Waals surface area contributed by atoms with Crippen molar-refractivity contribution in [3.8, 4) is 5.88 Å². The SMILES string of the molecule is CCCOc1cc(C)nc(N2CCCC(CNC)C2)n1. The van der Waals surface area contributed by atoms with Crippen LogP contribution >= 0.6 is 0 Å². The number of aromatic nitrogens is 2. The first-order chi connectivity index (χ1) is 9.72. The first kappa shape index (κ1) is 15.0. The van der Waals surface area contributed by atoms with Gasteiger partial charge in [0.15, 0.2) is 0 Å². The Hall–Kier alpha value is -1.36. The second kappa shape index (κ2) is 7.43. The minimum atomic E-state index is 0.679. The molecule has 5 heteroatoms. The van der Waals surface area contributed by atoms with E-state index < -0.39 is 0 Å². The van der Waals surface area contributed by atoms with E-state index >= 15 is 0 Å². The summed E-state index contributed by atoms with van der Waals surface area (Å²) in [6, 6.07) is 1.91. The average molecular weight is 278 g/mol. The third-order valence-electron chi connectivity index (χ3n) is 3.57. The number of ether oxygens (including phenoxy) is 1. The number of piperidine rings is 1. The topological polar surface area (TPSA) is 50.3 Å². The molecule has 2 rings (SSSR count). The highest BCUT2D eigenvalue weighted by atomic mass is 16.5. The minimum Gasteiger partial charge on any atom is -0.478 e. The van der Waals surface area contributed by atoms with Gasteiger partial charge < -0.3 is 15.0 Å². The molecule has 1 aromatic rings. The highest BCUT2D eigenvalue weighted by molar-refractivity contribution is 5.35. The highest BCUT2D eigenvalue weighted by Crippen LogP contribution is 2.22. The van der Waals surface area contributed by atoms with Crippen LogP contribution in [-0.4, -0.2) is 43.3 Å². The third-order valence-corrected chi connectivity index (χ3v) is 3.57. The third kappa shape index (κ3) is 4.07. The maximum Gasteiger partial charge on any atom is 0.228 e. The number of nitrogens with one attached hydrogen (secondary N) is 1. The van der Waals surface area contributed by atoms with Crippen molar-refractivity contribution in [3.05, 3.63) is 11.8 Å². The molecule has 0 aromatic carbocycles. The summed E-state index contributed by atoms with van der Waals surface area (Å²) < 4.78 is 5.65.